The molecule has 1 aromatic rings. The molecule has 0 saturated carbocycles. The van der Waals surface area contributed by atoms with Crippen molar-refractivity contribution in [2.24, 2.45) is 0 Å². The van der Waals surface area contributed by atoms with E-state index in [1.165, 1.54) is 0 Å². The molecule has 1 atom stereocenters. The number of hydrogen-bond donors (Lipinski definition) is 1. The maximum absolute atomic E-state index is 13.1. The van der Waals surface area contributed by atoms with E-state index in [0.29, 0.717) is 19.1 Å². The second kappa shape index (κ2) is 8.88. The van der Waals surface area contributed by atoms with Gasteiger partial charge in [0.2, 0.25) is 11.8 Å². The summed E-state index contributed by atoms with van der Waals surface area (Å²) in [6, 6.07) is 4.57. The molecule has 3 fully saturated rings. The number of piperazine rings is 1. The van der Waals surface area contributed by atoms with Crippen molar-refractivity contribution in [1.82, 2.24) is 20.0 Å². The minimum Gasteiger partial charge on any atom is -0.444 e. The van der Waals surface area contributed by atoms with Crippen LogP contribution in [0.4, 0.5) is 10.5 Å². The van der Waals surface area contributed by atoms with Crippen molar-refractivity contribution in [3.63, 3.8) is 0 Å². The van der Waals surface area contributed by atoms with Gasteiger partial charge in [0.15, 0.2) is 0 Å². The normalized spacial score (nSPS) is 23.5. The Kier molecular flexibility index (Phi) is 5.98. The molecule has 0 aromatic heterocycles. The fourth-order valence-corrected chi connectivity index (χ4v) is 5.15. The standard InChI is InChI=1S/C25H31N5O6/c1-25(2,3)36-24(35)28-10-8-27(9-11-28)16-13-29(14-16)15-4-5-17-18(12-15)23(34)30(22(17)33)19-6-7-20(31)26-21(19)32/h4-5,12,16,19H,6-11,13-14H2,1-3H3,(H,26,31,32). The zero-order valence-corrected chi connectivity index (χ0v) is 20.8. The van der Waals surface area contributed by atoms with E-state index in [2.05, 4.69) is 15.1 Å². The Morgan fingerprint density at radius 3 is 2.28 bits per heavy atom. The third-order valence-corrected chi connectivity index (χ3v) is 7.13. The molecule has 1 aromatic carbocycles. The summed E-state index contributed by atoms with van der Waals surface area (Å²) >= 11 is 0. The summed E-state index contributed by atoms with van der Waals surface area (Å²) in [5.41, 5.74) is 0.910. The lowest BCUT2D eigenvalue weighted by molar-refractivity contribution is -0.136. The molecule has 11 nitrogen and oxygen atoms in total. The third-order valence-electron chi connectivity index (χ3n) is 7.13. The predicted molar refractivity (Wildman–Crippen MR) is 128 cm³/mol. The fourth-order valence-electron chi connectivity index (χ4n) is 5.15. The molecule has 1 unspecified atom stereocenters. The molecule has 0 bridgehead atoms. The summed E-state index contributed by atoms with van der Waals surface area (Å²) in [7, 11) is 0. The zero-order valence-electron chi connectivity index (χ0n) is 20.8. The van der Waals surface area contributed by atoms with Gasteiger partial charge in [0.25, 0.3) is 11.8 Å². The number of carbonyl (C=O) groups excluding carboxylic acids is 5. The van der Waals surface area contributed by atoms with Gasteiger partial charge in [0.05, 0.1) is 11.1 Å². The van der Waals surface area contributed by atoms with Crippen LogP contribution in [0.5, 0.6) is 0 Å². The molecule has 0 spiro atoms. The Morgan fingerprint density at radius 1 is 0.972 bits per heavy atom. The SMILES string of the molecule is CC(C)(C)OC(=O)N1CCN(C2CN(c3ccc4c(c3)C(=O)N(C3CCC(=O)NC3=O)C4=O)C2)CC1. The summed E-state index contributed by atoms with van der Waals surface area (Å²) in [6.45, 7) is 9.94. The number of rotatable bonds is 3. The number of benzene rings is 1. The lowest BCUT2D eigenvalue weighted by Gasteiger charge is -2.49. The predicted octanol–water partition coefficient (Wildman–Crippen LogP) is 0.829. The lowest BCUT2D eigenvalue weighted by Crippen LogP contribution is -2.63. The first-order valence-electron chi connectivity index (χ1n) is 12.3. The zero-order chi connectivity index (χ0) is 25.8. The number of nitrogens with one attached hydrogen (secondary N) is 1. The monoisotopic (exact) mass is 497 g/mol. The number of nitrogens with zero attached hydrogens (tertiary/aromatic N) is 4. The van der Waals surface area contributed by atoms with Crippen LogP contribution in [-0.4, -0.2) is 101 Å². The minimum absolute atomic E-state index is 0.0935. The van der Waals surface area contributed by atoms with Crippen LogP contribution >= 0.6 is 0 Å². The van der Waals surface area contributed by atoms with E-state index in [4.69, 9.17) is 4.74 Å². The van der Waals surface area contributed by atoms with Crippen molar-refractivity contribution in [1.29, 1.82) is 0 Å². The Labute approximate surface area is 209 Å². The van der Waals surface area contributed by atoms with E-state index in [0.717, 1.165) is 36.8 Å². The Balaban J connectivity index is 1.18. The van der Waals surface area contributed by atoms with Gasteiger partial charge in [-0.05, 0) is 45.4 Å². The van der Waals surface area contributed by atoms with Gasteiger partial charge in [0, 0.05) is 57.4 Å². The molecule has 192 valence electrons. The highest BCUT2D eigenvalue weighted by Gasteiger charge is 2.45. The van der Waals surface area contributed by atoms with Gasteiger partial charge in [-0.2, -0.15) is 0 Å². The van der Waals surface area contributed by atoms with Gasteiger partial charge in [-0.1, -0.05) is 0 Å². The van der Waals surface area contributed by atoms with Crippen LogP contribution in [0.25, 0.3) is 0 Å². The Hall–Kier alpha value is -3.47. The van der Waals surface area contributed by atoms with E-state index in [1.807, 2.05) is 26.8 Å². The smallest absolute Gasteiger partial charge is 0.410 e. The van der Waals surface area contributed by atoms with Crippen LogP contribution < -0.4 is 10.2 Å². The van der Waals surface area contributed by atoms with Gasteiger partial charge in [-0.25, -0.2) is 4.79 Å². The molecule has 11 heteroatoms. The number of fused-ring (bicyclic) bond motifs is 1. The van der Waals surface area contributed by atoms with E-state index >= 15 is 0 Å². The molecular weight excluding hydrogens is 466 g/mol. The van der Waals surface area contributed by atoms with Crippen LogP contribution in [-0.2, 0) is 14.3 Å². The lowest BCUT2D eigenvalue weighted by atomic mass is 10.0. The largest absolute Gasteiger partial charge is 0.444 e. The third kappa shape index (κ3) is 4.43. The highest BCUT2D eigenvalue weighted by atomic mass is 16.6. The van der Waals surface area contributed by atoms with Gasteiger partial charge >= 0.3 is 6.09 Å². The molecule has 1 N–H and O–H groups in total. The number of piperidine rings is 1. The second-order valence-electron chi connectivity index (χ2n) is 10.7. The van der Waals surface area contributed by atoms with E-state index in [1.54, 1.807) is 17.0 Å². The number of hydrogen-bond acceptors (Lipinski definition) is 8. The van der Waals surface area contributed by atoms with E-state index < -0.39 is 35.3 Å². The average Bonchev–Trinajstić information content (AvgIpc) is 3.02. The first kappa shape index (κ1) is 24.2. The van der Waals surface area contributed by atoms with Crippen molar-refractivity contribution in [3.8, 4) is 0 Å². The molecule has 36 heavy (non-hydrogen) atoms. The molecular formula is C25H31N5O6. The van der Waals surface area contributed by atoms with Crippen LogP contribution in [0.2, 0.25) is 0 Å². The second-order valence-corrected chi connectivity index (χ2v) is 10.7. The molecule has 0 radical (unpaired) electrons. The molecule has 0 aliphatic carbocycles. The molecule has 5 amide bonds. The fraction of sp³-hybridized carbons (Fsp3) is 0.560. The van der Waals surface area contributed by atoms with Gasteiger partial charge in [-0.15, -0.1) is 0 Å². The first-order valence-corrected chi connectivity index (χ1v) is 12.3. The van der Waals surface area contributed by atoms with Crippen LogP contribution in [0.3, 0.4) is 0 Å². The molecule has 3 saturated heterocycles. The van der Waals surface area contributed by atoms with Crippen LogP contribution in [0.15, 0.2) is 18.2 Å². The number of anilines is 1. The summed E-state index contributed by atoms with van der Waals surface area (Å²) in [5, 5.41) is 2.21. The number of imide groups is 2. The van der Waals surface area contributed by atoms with Crippen molar-refractivity contribution >= 4 is 35.4 Å². The molecule has 4 heterocycles. The summed E-state index contributed by atoms with van der Waals surface area (Å²) in [4.78, 5) is 69.2. The maximum atomic E-state index is 13.1. The first-order chi connectivity index (χ1) is 17.0. The van der Waals surface area contributed by atoms with Crippen molar-refractivity contribution in [2.45, 2.75) is 51.3 Å². The van der Waals surface area contributed by atoms with Crippen molar-refractivity contribution < 1.29 is 28.7 Å². The Morgan fingerprint density at radius 2 is 1.64 bits per heavy atom. The highest BCUT2D eigenvalue weighted by molar-refractivity contribution is 6.23. The van der Waals surface area contributed by atoms with E-state index in [9.17, 15) is 24.0 Å². The van der Waals surface area contributed by atoms with Crippen molar-refractivity contribution in [3.05, 3.63) is 29.3 Å². The summed E-state index contributed by atoms with van der Waals surface area (Å²) < 4.78 is 5.47. The van der Waals surface area contributed by atoms with Gasteiger partial charge < -0.3 is 14.5 Å². The highest BCUT2D eigenvalue weighted by Crippen LogP contribution is 2.32. The van der Waals surface area contributed by atoms with Gasteiger partial charge in [0.1, 0.15) is 11.6 Å². The minimum atomic E-state index is -0.966. The number of carbonyl (C=O) groups is 5. The molecule has 4 aliphatic heterocycles. The van der Waals surface area contributed by atoms with Crippen LogP contribution in [0.1, 0.15) is 54.3 Å². The molecule has 4 aliphatic rings. The average molecular weight is 498 g/mol. The molecule has 5 rings (SSSR count). The topological polar surface area (TPSA) is 120 Å². The van der Waals surface area contributed by atoms with Crippen molar-refractivity contribution in [2.75, 3.05) is 44.2 Å². The maximum Gasteiger partial charge on any atom is 0.410 e. The summed E-state index contributed by atoms with van der Waals surface area (Å²) in [6.07, 6.45) is -0.0464. The number of ether oxygens (including phenoxy) is 1. The Bertz CT molecular complexity index is 1130. The van der Waals surface area contributed by atoms with E-state index in [-0.39, 0.29) is 30.1 Å². The number of amides is 5. The quantitative estimate of drug-likeness (QED) is 0.610. The van der Waals surface area contributed by atoms with Crippen LogP contribution in [0, 0.1) is 0 Å². The van der Waals surface area contributed by atoms with Gasteiger partial charge in [-0.3, -0.25) is 34.3 Å². The summed E-state index contributed by atoms with van der Waals surface area (Å²) in [5.74, 6) is -2.01.